The van der Waals surface area contributed by atoms with Crippen LogP contribution >= 0.6 is 0 Å². The van der Waals surface area contributed by atoms with Gasteiger partial charge in [0.25, 0.3) is 0 Å². The van der Waals surface area contributed by atoms with Crippen LogP contribution in [-0.4, -0.2) is 61.9 Å². The molecule has 9 nitrogen and oxygen atoms in total. The second-order valence-corrected chi connectivity index (χ2v) is 14.2. The SMILES string of the molecule is CC(C)(C)CC(=O)C1CCN(c2ncnc3[nH]ccc23)CC12CC2.c1nc(N2CCCC3(CC3)C2)c2cc[nH]c2n1. The van der Waals surface area contributed by atoms with Gasteiger partial charge in [-0.05, 0) is 73.3 Å². The van der Waals surface area contributed by atoms with Crippen LogP contribution in [0.4, 0.5) is 11.6 Å². The number of anilines is 2. The molecule has 4 aliphatic rings. The Balaban J connectivity index is 0.000000142. The summed E-state index contributed by atoms with van der Waals surface area (Å²) in [7, 11) is 0. The zero-order chi connectivity index (χ0) is 28.2. The molecule has 216 valence electrons. The van der Waals surface area contributed by atoms with Gasteiger partial charge in [0.2, 0.25) is 0 Å². The van der Waals surface area contributed by atoms with Gasteiger partial charge in [-0.1, -0.05) is 20.8 Å². The summed E-state index contributed by atoms with van der Waals surface area (Å²) in [5, 5.41) is 2.23. The number of aromatic nitrogens is 6. The third-order valence-corrected chi connectivity index (χ3v) is 9.80. The van der Waals surface area contributed by atoms with E-state index >= 15 is 0 Å². The van der Waals surface area contributed by atoms with Crippen molar-refractivity contribution >= 4 is 39.5 Å². The van der Waals surface area contributed by atoms with E-state index in [0.29, 0.717) is 17.6 Å². The van der Waals surface area contributed by atoms with Crippen molar-refractivity contribution in [3.8, 4) is 0 Å². The molecule has 1 atom stereocenters. The van der Waals surface area contributed by atoms with Crippen molar-refractivity contribution in [2.75, 3.05) is 36.0 Å². The summed E-state index contributed by atoms with van der Waals surface area (Å²) in [4.78, 5) is 41.5. The Labute approximate surface area is 241 Å². The van der Waals surface area contributed by atoms with Gasteiger partial charge < -0.3 is 19.8 Å². The van der Waals surface area contributed by atoms with Crippen molar-refractivity contribution in [1.29, 1.82) is 0 Å². The summed E-state index contributed by atoms with van der Waals surface area (Å²) < 4.78 is 0. The molecular formula is C32H42N8O. The van der Waals surface area contributed by atoms with Gasteiger partial charge in [0.15, 0.2) is 0 Å². The zero-order valence-electron chi connectivity index (χ0n) is 24.6. The maximum Gasteiger partial charge on any atom is 0.142 e. The molecule has 9 heteroatoms. The molecule has 2 saturated heterocycles. The largest absolute Gasteiger partial charge is 0.355 e. The van der Waals surface area contributed by atoms with Gasteiger partial charge in [-0.3, -0.25) is 4.79 Å². The highest BCUT2D eigenvalue weighted by Crippen LogP contribution is 2.57. The Morgan fingerprint density at radius 1 is 0.854 bits per heavy atom. The van der Waals surface area contributed by atoms with Gasteiger partial charge in [0.1, 0.15) is 41.4 Å². The first-order valence-corrected chi connectivity index (χ1v) is 15.3. The molecule has 2 spiro atoms. The number of nitrogens with zero attached hydrogens (tertiary/aromatic N) is 6. The number of Topliss-reactive ketones (excluding diaryl/α,β-unsaturated/α-hetero) is 1. The summed E-state index contributed by atoms with van der Waals surface area (Å²) in [6.07, 6.45) is 16.7. The number of hydrogen-bond donors (Lipinski definition) is 2. The lowest BCUT2D eigenvalue weighted by Gasteiger charge is -2.40. The van der Waals surface area contributed by atoms with Gasteiger partial charge in [0.05, 0.1) is 10.8 Å². The van der Waals surface area contributed by atoms with Gasteiger partial charge in [0, 0.05) is 50.9 Å². The highest BCUT2D eigenvalue weighted by molar-refractivity contribution is 5.88. The van der Waals surface area contributed by atoms with E-state index in [1.54, 1.807) is 12.7 Å². The standard InChI is InChI=1S/C19H26N4O.C13H16N4/c1-18(2,3)10-15(24)14-5-9-23(11-19(14)6-7-19)17-13-4-8-20-16(13)21-12-22-17;1-3-13(4-5-13)8-17(7-1)12-10-2-6-14-11(10)15-9-16-12/h4,8,12,14H,5-7,9-11H2,1-3H3,(H,20,21,22);2,6,9H,1,3-5,7-8H2,(H,14,15,16). The average Bonchev–Trinajstić information content (AvgIpc) is 3.73. The summed E-state index contributed by atoms with van der Waals surface area (Å²) >= 11 is 0. The fraction of sp³-hybridized carbons (Fsp3) is 0.594. The van der Waals surface area contributed by atoms with E-state index in [-0.39, 0.29) is 16.7 Å². The van der Waals surface area contributed by atoms with Crippen molar-refractivity contribution in [2.24, 2.45) is 22.2 Å². The molecule has 4 aromatic rings. The second-order valence-electron chi connectivity index (χ2n) is 14.2. The lowest BCUT2D eigenvalue weighted by molar-refractivity contribution is -0.127. The Morgan fingerprint density at radius 2 is 1.46 bits per heavy atom. The van der Waals surface area contributed by atoms with Crippen LogP contribution in [-0.2, 0) is 4.79 Å². The molecule has 0 amide bonds. The van der Waals surface area contributed by atoms with Crippen molar-refractivity contribution in [1.82, 2.24) is 29.9 Å². The lowest BCUT2D eigenvalue weighted by atomic mass is 9.75. The fourth-order valence-electron chi connectivity index (χ4n) is 7.35. The second kappa shape index (κ2) is 9.81. The Bertz CT molecular complexity index is 1560. The molecule has 8 rings (SSSR count). The molecule has 2 saturated carbocycles. The van der Waals surface area contributed by atoms with E-state index in [0.717, 1.165) is 59.8 Å². The number of carbonyl (C=O) groups excluding carboxylic acids is 1. The van der Waals surface area contributed by atoms with Crippen molar-refractivity contribution in [3.05, 3.63) is 37.2 Å². The van der Waals surface area contributed by atoms with Crippen LogP contribution in [0.1, 0.15) is 72.1 Å². The van der Waals surface area contributed by atoms with E-state index in [9.17, 15) is 4.79 Å². The van der Waals surface area contributed by atoms with E-state index in [2.05, 4.69) is 66.5 Å². The van der Waals surface area contributed by atoms with Gasteiger partial charge >= 0.3 is 0 Å². The third-order valence-electron chi connectivity index (χ3n) is 9.80. The molecule has 2 N–H and O–H groups in total. The first-order valence-electron chi connectivity index (χ1n) is 15.3. The van der Waals surface area contributed by atoms with Crippen LogP contribution in [0.3, 0.4) is 0 Å². The van der Waals surface area contributed by atoms with Crippen molar-refractivity contribution in [3.63, 3.8) is 0 Å². The maximum atomic E-state index is 12.8. The minimum absolute atomic E-state index is 0.0776. The third kappa shape index (κ3) is 5.19. The minimum Gasteiger partial charge on any atom is -0.355 e. The first kappa shape index (κ1) is 26.4. The Hall–Kier alpha value is -3.49. The quantitative estimate of drug-likeness (QED) is 0.323. The van der Waals surface area contributed by atoms with Gasteiger partial charge in [-0.15, -0.1) is 0 Å². The van der Waals surface area contributed by atoms with E-state index < -0.39 is 0 Å². The predicted molar refractivity (Wildman–Crippen MR) is 162 cm³/mol. The Morgan fingerprint density at radius 3 is 2.02 bits per heavy atom. The fourth-order valence-corrected chi connectivity index (χ4v) is 7.35. The molecule has 4 aromatic heterocycles. The molecule has 0 aromatic carbocycles. The summed E-state index contributed by atoms with van der Waals surface area (Å²) in [5.41, 5.74) is 2.73. The maximum absolute atomic E-state index is 12.8. The number of H-pyrrole nitrogens is 2. The number of ketones is 1. The van der Waals surface area contributed by atoms with Crippen LogP contribution in [0.15, 0.2) is 37.2 Å². The van der Waals surface area contributed by atoms with Crippen LogP contribution in [0.5, 0.6) is 0 Å². The zero-order valence-corrected chi connectivity index (χ0v) is 24.6. The van der Waals surface area contributed by atoms with E-state index in [1.807, 2.05) is 18.5 Å². The van der Waals surface area contributed by atoms with Crippen LogP contribution in [0, 0.1) is 22.2 Å². The summed E-state index contributed by atoms with van der Waals surface area (Å²) in [6.45, 7) is 10.6. The molecule has 6 heterocycles. The molecule has 41 heavy (non-hydrogen) atoms. The number of rotatable bonds is 4. The van der Waals surface area contributed by atoms with Gasteiger partial charge in [-0.2, -0.15) is 0 Å². The minimum atomic E-state index is 0.0776. The van der Waals surface area contributed by atoms with Gasteiger partial charge in [-0.25, -0.2) is 19.9 Å². The Kier molecular flexibility index (Phi) is 6.32. The average molecular weight is 555 g/mol. The molecular weight excluding hydrogens is 512 g/mol. The highest BCUT2D eigenvalue weighted by Gasteiger charge is 2.55. The number of fused-ring (bicyclic) bond motifs is 2. The predicted octanol–water partition coefficient (Wildman–Crippen LogP) is 5.91. The number of hydrogen-bond acceptors (Lipinski definition) is 7. The van der Waals surface area contributed by atoms with Crippen LogP contribution in [0.25, 0.3) is 22.1 Å². The normalized spacial score (nSPS) is 22.7. The topological polar surface area (TPSA) is 107 Å². The lowest BCUT2D eigenvalue weighted by Crippen LogP contribution is -2.45. The molecule has 4 fully saturated rings. The van der Waals surface area contributed by atoms with E-state index in [1.165, 1.54) is 45.1 Å². The number of aromatic amines is 2. The number of carbonyl (C=O) groups is 1. The monoisotopic (exact) mass is 554 g/mol. The van der Waals surface area contributed by atoms with Crippen LogP contribution in [0.2, 0.25) is 0 Å². The molecule has 2 aliphatic carbocycles. The summed E-state index contributed by atoms with van der Waals surface area (Å²) in [5.74, 6) is 2.82. The highest BCUT2D eigenvalue weighted by atomic mass is 16.1. The van der Waals surface area contributed by atoms with Crippen molar-refractivity contribution < 1.29 is 4.79 Å². The number of nitrogens with one attached hydrogen (secondary N) is 2. The van der Waals surface area contributed by atoms with E-state index in [4.69, 9.17) is 0 Å². The smallest absolute Gasteiger partial charge is 0.142 e. The summed E-state index contributed by atoms with van der Waals surface area (Å²) in [6, 6.07) is 4.12. The molecule has 2 aliphatic heterocycles. The molecule has 0 radical (unpaired) electrons. The van der Waals surface area contributed by atoms with Crippen molar-refractivity contribution in [2.45, 2.75) is 72.1 Å². The molecule has 1 unspecified atom stereocenters. The van der Waals surface area contributed by atoms with Crippen LogP contribution < -0.4 is 9.80 Å². The first-order chi connectivity index (χ1) is 19.7. The number of piperidine rings is 2. The molecule has 0 bridgehead atoms.